The van der Waals surface area contributed by atoms with E-state index in [4.69, 9.17) is 4.74 Å². The number of carbonyl (C=O) groups is 2. The molecule has 2 atom stereocenters. The fraction of sp³-hybridized carbons (Fsp3) is 0.444. The van der Waals surface area contributed by atoms with Crippen LogP contribution in [0.5, 0.6) is 0 Å². The third-order valence-corrected chi connectivity index (χ3v) is 4.75. The summed E-state index contributed by atoms with van der Waals surface area (Å²) in [6, 6.07) is 3.46. The molecule has 1 saturated carbocycles. The number of morpholine rings is 1. The molecule has 2 aromatic rings. The van der Waals surface area contributed by atoms with Gasteiger partial charge in [-0.15, -0.1) is 0 Å². The van der Waals surface area contributed by atoms with Gasteiger partial charge in [-0.2, -0.15) is 5.10 Å². The smallest absolute Gasteiger partial charge is 0.251 e. The number of amides is 2. The number of carbonyl (C=O) groups excluding carboxylic acids is 2. The van der Waals surface area contributed by atoms with Crippen molar-refractivity contribution in [1.82, 2.24) is 25.4 Å². The van der Waals surface area contributed by atoms with Crippen LogP contribution in [0.25, 0.3) is 0 Å². The molecule has 0 unspecified atom stereocenters. The second kappa shape index (κ2) is 7.25. The van der Waals surface area contributed by atoms with Gasteiger partial charge in [-0.05, 0) is 36.5 Å². The van der Waals surface area contributed by atoms with E-state index >= 15 is 0 Å². The van der Waals surface area contributed by atoms with Crippen molar-refractivity contribution in [3.05, 3.63) is 48.0 Å². The minimum Gasteiger partial charge on any atom is -0.356 e. The van der Waals surface area contributed by atoms with Crippen LogP contribution in [0.1, 0.15) is 30.0 Å². The fourth-order valence-corrected chi connectivity index (χ4v) is 3.36. The van der Waals surface area contributed by atoms with Crippen LogP contribution in [-0.4, -0.2) is 57.2 Å². The molecule has 2 fully saturated rings. The Balaban J connectivity index is 1.50. The van der Waals surface area contributed by atoms with Gasteiger partial charge >= 0.3 is 0 Å². The maximum absolute atomic E-state index is 12.8. The molecular formula is C18H21N5O3. The van der Waals surface area contributed by atoms with E-state index in [1.54, 1.807) is 24.8 Å². The maximum atomic E-state index is 12.8. The molecule has 2 aromatic heterocycles. The minimum absolute atomic E-state index is 0.0624. The number of H-pyrrole nitrogens is 1. The van der Waals surface area contributed by atoms with Crippen LogP contribution in [0.15, 0.2) is 36.9 Å². The number of nitrogens with one attached hydrogen (secondary N) is 2. The lowest BCUT2D eigenvalue weighted by atomic mass is 9.98. The third-order valence-electron chi connectivity index (χ3n) is 4.75. The van der Waals surface area contributed by atoms with Crippen molar-refractivity contribution in [3.63, 3.8) is 0 Å². The van der Waals surface area contributed by atoms with E-state index in [1.165, 1.54) is 0 Å². The molecule has 2 amide bonds. The Kier molecular flexibility index (Phi) is 4.66. The maximum Gasteiger partial charge on any atom is 0.251 e. The van der Waals surface area contributed by atoms with Crippen molar-refractivity contribution in [2.75, 3.05) is 13.2 Å². The summed E-state index contributed by atoms with van der Waals surface area (Å²) in [5.41, 5.74) is 1.84. The summed E-state index contributed by atoms with van der Waals surface area (Å²) >= 11 is 0. The molecule has 26 heavy (non-hydrogen) atoms. The standard InChI is InChI=1S/C18H21N5O3/c24-15-11-26-17(18(25)20-7-5-12-8-21-22-9-12)16(23(15)14-3-4-14)13-2-1-6-19-10-13/h1-2,6,8-10,14,16-17H,3-5,7,11H2,(H,20,25)(H,21,22)/t16-,17+/m1/s1. The van der Waals surface area contributed by atoms with E-state index in [-0.39, 0.29) is 24.5 Å². The number of aromatic amines is 1. The van der Waals surface area contributed by atoms with Crippen molar-refractivity contribution in [1.29, 1.82) is 0 Å². The Morgan fingerprint density at radius 2 is 2.27 bits per heavy atom. The predicted molar refractivity (Wildman–Crippen MR) is 91.9 cm³/mol. The third kappa shape index (κ3) is 3.45. The second-order valence-corrected chi connectivity index (χ2v) is 6.64. The molecule has 0 radical (unpaired) electrons. The van der Waals surface area contributed by atoms with Gasteiger partial charge in [-0.25, -0.2) is 0 Å². The number of hydrogen-bond donors (Lipinski definition) is 2. The first-order chi connectivity index (χ1) is 12.7. The zero-order valence-corrected chi connectivity index (χ0v) is 14.3. The van der Waals surface area contributed by atoms with E-state index in [0.29, 0.717) is 13.0 Å². The van der Waals surface area contributed by atoms with E-state index in [9.17, 15) is 9.59 Å². The Morgan fingerprint density at radius 1 is 1.38 bits per heavy atom. The van der Waals surface area contributed by atoms with Gasteiger partial charge in [0.2, 0.25) is 5.91 Å². The molecule has 2 N–H and O–H groups in total. The molecule has 0 spiro atoms. The normalized spacial score (nSPS) is 23.1. The summed E-state index contributed by atoms with van der Waals surface area (Å²) in [7, 11) is 0. The van der Waals surface area contributed by atoms with Gasteiger partial charge in [-0.1, -0.05) is 6.07 Å². The van der Waals surface area contributed by atoms with Gasteiger partial charge in [0.25, 0.3) is 5.91 Å². The Hall–Kier alpha value is -2.74. The van der Waals surface area contributed by atoms with Crippen LogP contribution in [-0.2, 0) is 20.7 Å². The number of hydrogen-bond acceptors (Lipinski definition) is 5. The highest BCUT2D eigenvalue weighted by Crippen LogP contribution is 2.39. The summed E-state index contributed by atoms with van der Waals surface area (Å²) < 4.78 is 5.67. The molecule has 1 aliphatic carbocycles. The molecule has 1 saturated heterocycles. The molecule has 8 nitrogen and oxygen atoms in total. The Bertz CT molecular complexity index is 760. The molecule has 0 bridgehead atoms. The van der Waals surface area contributed by atoms with E-state index in [2.05, 4.69) is 20.5 Å². The highest BCUT2D eigenvalue weighted by Gasteiger charge is 2.47. The van der Waals surface area contributed by atoms with Crippen LogP contribution in [0.2, 0.25) is 0 Å². The molecule has 4 rings (SSSR count). The van der Waals surface area contributed by atoms with E-state index in [0.717, 1.165) is 24.0 Å². The molecule has 2 aliphatic rings. The summed E-state index contributed by atoms with van der Waals surface area (Å²) in [5.74, 6) is -0.274. The first-order valence-electron chi connectivity index (χ1n) is 8.82. The van der Waals surface area contributed by atoms with Crippen molar-refractivity contribution >= 4 is 11.8 Å². The quantitative estimate of drug-likeness (QED) is 0.790. The molecule has 0 aromatic carbocycles. The summed E-state index contributed by atoms with van der Waals surface area (Å²) in [6.07, 6.45) is 8.79. The molecule has 8 heteroatoms. The van der Waals surface area contributed by atoms with Gasteiger partial charge < -0.3 is 15.0 Å². The summed E-state index contributed by atoms with van der Waals surface area (Å²) in [4.78, 5) is 31.2. The summed E-state index contributed by atoms with van der Waals surface area (Å²) in [6.45, 7) is 0.419. The first kappa shape index (κ1) is 16.7. The number of ether oxygens (including phenoxy) is 1. The van der Waals surface area contributed by atoms with Crippen molar-refractivity contribution < 1.29 is 14.3 Å². The highest BCUT2D eigenvalue weighted by molar-refractivity contribution is 5.86. The van der Waals surface area contributed by atoms with Gasteiger partial charge in [0.15, 0.2) is 6.10 Å². The van der Waals surface area contributed by atoms with Crippen LogP contribution >= 0.6 is 0 Å². The van der Waals surface area contributed by atoms with Gasteiger partial charge in [-0.3, -0.25) is 19.7 Å². The van der Waals surface area contributed by atoms with Crippen LogP contribution in [0, 0.1) is 0 Å². The average Bonchev–Trinajstić information content (AvgIpc) is 3.37. The zero-order chi connectivity index (χ0) is 17.9. The lowest BCUT2D eigenvalue weighted by Gasteiger charge is -2.40. The Labute approximate surface area is 150 Å². The number of nitrogens with zero attached hydrogens (tertiary/aromatic N) is 3. The molecule has 3 heterocycles. The molecular weight excluding hydrogens is 334 g/mol. The van der Waals surface area contributed by atoms with Crippen molar-refractivity contribution in [2.45, 2.75) is 37.5 Å². The lowest BCUT2D eigenvalue weighted by Crippen LogP contribution is -2.55. The fourth-order valence-electron chi connectivity index (χ4n) is 3.36. The monoisotopic (exact) mass is 355 g/mol. The molecule has 136 valence electrons. The van der Waals surface area contributed by atoms with Gasteiger partial charge in [0.05, 0.1) is 12.2 Å². The molecule has 1 aliphatic heterocycles. The Morgan fingerprint density at radius 3 is 2.96 bits per heavy atom. The number of rotatable bonds is 6. The highest BCUT2D eigenvalue weighted by atomic mass is 16.5. The SMILES string of the molecule is O=C(NCCc1cn[nH]c1)[C@H]1OCC(=O)N(C2CC2)[C@@H]1c1cccnc1. The number of pyridine rings is 1. The first-order valence-corrected chi connectivity index (χ1v) is 8.82. The topological polar surface area (TPSA) is 100 Å². The van der Waals surface area contributed by atoms with Gasteiger partial charge in [0.1, 0.15) is 6.61 Å². The van der Waals surface area contributed by atoms with Crippen LogP contribution < -0.4 is 5.32 Å². The van der Waals surface area contributed by atoms with Crippen LogP contribution in [0.3, 0.4) is 0 Å². The van der Waals surface area contributed by atoms with E-state index < -0.39 is 12.1 Å². The van der Waals surface area contributed by atoms with Crippen molar-refractivity contribution in [2.24, 2.45) is 0 Å². The minimum atomic E-state index is -0.734. The van der Waals surface area contributed by atoms with E-state index in [1.807, 2.05) is 17.0 Å². The average molecular weight is 355 g/mol. The van der Waals surface area contributed by atoms with Crippen molar-refractivity contribution in [3.8, 4) is 0 Å². The van der Waals surface area contributed by atoms with Gasteiger partial charge in [0, 0.05) is 31.2 Å². The largest absolute Gasteiger partial charge is 0.356 e. The summed E-state index contributed by atoms with van der Waals surface area (Å²) in [5, 5.41) is 9.57. The lowest BCUT2D eigenvalue weighted by molar-refractivity contribution is -0.165. The predicted octanol–water partition coefficient (Wildman–Crippen LogP) is 0.594. The zero-order valence-electron chi connectivity index (χ0n) is 14.3. The second-order valence-electron chi connectivity index (χ2n) is 6.64. The van der Waals surface area contributed by atoms with Crippen LogP contribution in [0.4, 0.5) is 0 Å². The number of aromatic nitrogens is 3.